The highest BCUT2D eigenvalue weighted by Crippen LogP contribution is 2.06. The van der Waals surface area contributed by atoms with Crippen molar-refractivity contribution in [1.29, 1.82) is 0 Å². The highest BCUT2D eigenvalue weighted by molar-refractivity contribution is 4.87. The average Bonchev–Trinajstić information content (AvgIpc) is 2.58. The smallest absolute Gasteiger partial charge is 0.187 e. The molecule has 4 nitrogen and oxygen atoms in total. The van der Waals surface area contributed by atoms with Crippen molar-refractivity contribution < 1.29 is 0 Å². The molecule has 0 saturated carbocycles. The van der Waals surface area contributed by atoms with Gasteiger partial charge in [0, 0.05) is 13.1 Å². The molecule has 0 aliphatic carbocycles. The Labute approximate surface area is 67.3 Å². The second-order valence-electron chi connectivity index (χ2n) is 2.97. The summed E-state index contributed by atoms with van der Waals surface area (Å²) < 4.78 is 0. The van der Waals surface area contributed by atoms with E-state index in [2.05, 4.69) is 21.1 Å². The van der Waals surface area contributed by atoms with E-state index in [4.69, 9.17) is 0 Å². The lowest BCUT2D eigenvalue weighted by Gasteiger charge is -2.30. The van der Waals surface area contributed by atoms with Gasteiger partial charge in [-0.1, -0.05) is 0 Å². The number of nitrogens with zero attached hydrogens (tertiary/aromatic N) is 1. The number of hydrogen-bond donors (Lipinski definition) is 3. The molecule has 0 atom stereocenters. The summed E-state index contributed by atoms with van der Waals surface area (Å²) in [5, 5.41) is 8.83. The van der Waals surface area contributed by atoms with Crippen LogP contribution in [0.25, 0.3) is 0 Å². The summed E-state index contributed by atoms with van der Waals surface area (Å²) >= 11 is 0. The maximum atomic E-state index is 3.33. The van der Waals surface area contributed by atoms with Crippen molar-refractivity contribution in [2.45, 2.75) is 12.8 Å². The summed E-state index contributed by atoms with van der Waals surface area (Å²) in [6.45, 7) is 4.42. The van der Waals surface area contributed by atoms with Gasteiger partial charge in [-0.3, -0.25) is 16.1 Å². The predicted octanol–water partition coefficient (Wildman–Crippen LogP) is -0.773. The van der Waals surface area contributed by atoms with Gasteiger partial charge in [0.05, 0.1) is 0 Å². The van der Waals surface area contributed by atoms with Gasteiger partial charge in [-0.05, 0) is 25.9 Å². The Morgan fingerprint density at radius 1 is 1.00 bits per heavy atom. The lowest BCUT2D eigenvalue weighted by atomic mass is 10.3. The standard InChI is InChI=1S/C7H15N4/c1-3-8-7(9-4-1)11-6-2-5-10-11/h8-10H,1-6H2. The monoisotopic (exact) mass is 155 g/mol. The van der Waals surface area contributed by atoms with Gasteiger partial charge in [-0.15, -0.1) is 0 Å². The molecule has 0 spiro atoms. The second kappa shape index (κ2) is 3.49. The van der Waals surface area contributed by atoms with Crippen molar-refractivity contribution in [3.63, 3.8) is 0 Å². The first-order valence-corrected chi connectivity index (χ1v) is 4.32. The van der Waals surface area contributed by atoms with E-state index >= 15 is 0 Å². The van der Waals surface area contributed by atoms with Crippen LogP contribution >= 0.6 is 0 Å². The van der Waals surface area contributed by atoms with E-state index in [9.17, 15) is 0 Å². The predicted molar refractivity (Wildman–Crippen MR) is 43.2 cm³/mol. The van der Waals surface area contributed by atoms with E-state index < -0.39 is 0 Å². The summed E-state index contributed by atoms with van der Waals surface area (Å²) in [6, 6.07) is 0. The number of hydrazine groups is 1. The van der Waals surface area contributed by atoms with Crippen LogP contribution in [0.5, 0.6) is 0 Å². The molecule has 0 aromatic heterocycles. The molecule has 3 N–H and O–H groups in total. The van der Waals surface area contributed by atoms with Gasteiger partial charge in [0.1, 0.15) is 0 Å². The molecule has 0 bridgehead atoms. The zero-order chi connectivity index (χ0) is 7.52. The number of rotatable bonds is 1. The molecule has 2 fully saturated rings. The molecule has 0 aromatic carbocycles. The number of hydrogen-bond acceptors (Lipinski definition) is 4. The Bertz CT molecular complexity index is 116. The third kappa shape index (κ3) is 1.70. The van der Waals surface area contributed by atoms with E-state index in [1.165, 1.54) is 12.8 Å². The lowest BCUT2D eigenvalue weighted by molar-refractivity contribution is 0.191. The minimum absolute atomic E-state index is 1.10. The summed E-state index contributed by atoms with van der Waals surface area (Å²) in [5.74, 6) is 0. The van der Waals surface area contributed by atoms with Crippen molar-refractivity contribution in [1.82, 2.24) is 21.1 Å². The van der Waals surface area contributed by atoms with Crippen LogP contribution in [0.4, 0.5) is 0 Å². The Morgan fingerprint density at radius 3 is 2.45 bits per heavy atom. The van der Waals surface area contributed by atoms with Crippen LogP contribution in [0.3, 0.4) is 0 Å². The molecule has 0 aromatic rings. The SMILES string of the molecule is C1CN[C](N2CCCN2)NC1. The van der Waals surface area contributed by atoms with Crippen molar-refractivity contribution in [2.24, 2.45) is 0 Å². The molecule has 2 rings (SSSR count). The normalized spacial score (nSPS) is 29.5. The quantitative estimate of drug-likeness (QED) is 0.465. The van der Waals surface area contributed by atoms with Crippen LogP contribution in [0.15, 0.2) is 0 Å². The average molecular weight is 155 g/mol. The first-order chi connectivity index (χ1) is 5.47. The molecule has 4 heteroatoms. The first kappa shape index (κ1) is 7.49. The highest BCUT2D eigenvalue weighted by Gasteiger charge is 2.23. The van der Waals surface area contributed by atoms with Gasteiger partial charge in [0.25, 0.3) is 0 Å². The fourth-order valence-electron chi connectivity index (χ4n) is 1.48. The van der Waals surface area contributed by atoms with E-state index in [0.29, 0.717) is 0 Å². The zero-order valence-electron chi connectivity index (χ0n) is 6.69. The van der Waals surface area contributed by atoms with Gasteiger partial charge in [0.2, 0.25) is 0 Å². The molecular formula is C7H15N4. The molecule has 2 aliphatic rings. The minimum Gasteiger partial charge on any atom is -0.282 e. The highest BCUT2D eigenvalue weighted by atomic mass is 15.6. The van der Waals surface area contributed by atoms with E-state index in [1.807, 2.05) is 0 Å². The van der Waals surface area contributed by atoms with Gasteiger partial charge < -0.3 is 0 Å². The van der Waals surface area contributed by atoms with Crippen molar-refractivity contribution >= 4 is 0 Å². The first-order valence-electron chi connectivity index (χ1n) is 4.32. The lowest BCUT2D eigenvalue weighted by Crippen LogP contribution is -2.53. The third-order valence-corrected chi connectivity index (χ3v) is 2.07. The summed E-state index contributed by atoms with van der Waals surface area (Å²) in [6.07, 6.45) is 3.62. The second-order valence-corrected chi connectivity index (χ2v) is 2.97. The van der Waals surface area contributed by atoms with Gasteiger partial charge >= 0.3 is 0 Å². The van der Waals surface area contributed by atoms with Crippen molar-refractivity contribution in [3.8, 4) is 0 Å². The molecule has 11 heavy (non-hydrogen) atoms. The fraction of sp³-hybridized carbons (Fsp3) is 0.857. The fourth-order valence-corrected chi connectivity index (χ4v) is 1.48. The molecule has 0 amide bonds. The summed E-state index contributed by atoms with van der Waals surface area (Å²) in [4.78, 5) is 0. The molecule has 0 unspecified atom stereocenters. The van der Waals surface area contributed by atoms with E-state index in [0.717, 1.165) is 32.5 Å². The number of nitrogens with one attached hydrogen (secondary N) is 3. The maximum absolute atomic E-state index is 3.33. The van der Waals surface area contributed by atoms with Crippen molar-refractivity contribution in [2.75, 3.05) is 26.2 Å². The zero-order valence-corrected chi connectivity index (χ0v) is 6.69. The van der Waals surface area contributed by atoms with Gasteiger partial charge in [-0.25, -0.2) is 5.01 Å². The molecule has 1 radical (unpaired) electrons. The van der Waals surface area contributed by atoms with Crippen LogP contribution in [0.1, 0.15) is 12.8 Å². The molecule has 2 heterocycles. The third-order valence-electron chi connectivity index (χ3n) is 2.07. The summed E-state index contributed by atoms with van der Waals surface area (Å²) in [7, 11) is 0. The molecule has 63 valence electrons. The van der Waals surface area contributed by atoms with Crippen LogP contribution in [0, 0.1) is 6.29 Å². The topological polar surface area (TPSA) is 39.3 Å². The molecule has 2 aliphatic heterocycles. The van der Waals surface area contributed by atoms with Crippen LogP contribution in [-0.4, -0.2) is 31.2 Å². The van der Waals surface area contributed by atoms with Gasteiger partial charge in [0.15, 0.2) is 6.29 Å². The van der Waals surface area contributed by atoms with Crippen LogP contribution < -0.4 is 16.1 Å². The largest absolute Gasteiger partial charge is 0.282 e. The Balaban J connectivity index is 1.82. The van der Waals surface area contributed by atoms with Crippen LogP contribution in [-0.2, 0) is 0 Å². The van der Waals surface area contributed by atoms with E-state index in [1.54, 1.807) is 0 Å². The van der Waals surface area contributed by atoms with Gasteiger partial charge in [-0.2, -0.15) is 0 Å². The Hall–Kier alpha value is -0.160. The Kier molecular flexibility index (Phi) is 2.38. The summed E-state index contributed by atoms with van der Waals surface area (Å²) in [5.41, 5.74) is 3.30. The minimum atomic E-state index is 1.10. The Morgan fingerprint density at radius 2 is 1.82 bits per heavy atom. The van der Waals surface area contributed by atoms with E-state index in [-0.39, 0.29) is 0 Å². The maximum Gasteiger partial charge on any atom is 0.187 e. The molecule has 2 saturated heterocycles. The molecular weight excluding hydrogens is 140 g/mol. The van der Waals surface area contributed by atoms with Crippen LogP contribution in [0.2, 0.25) is 0 Å². The van der Waals surface area contributed by atoms with Crippen molar-refractivity contribution in [3.05, 3.63) is 6.29 Å².